The monoisotopic (exact) mass is 378 g/mol. The Kier molecular flexibility index (Phi) is 3.55. The molecule has 5 aromatic rings. The summed E-state index contributed by atoms with van der Waals surface area (Å²) in [5.74, 6) is -0.252. The van der Waals surface area contributed by atoms with Gasteiger partial charge in [-0.15, -0.1) is 0 Å². The SMILES string of the molecule is Fc1ccc(-c2c(-c3ccccc3)nc3sc4cc(Cl)ccc4n23)cc1. The summed E-state index contributed by atoms with van der Waals surface area (Å²) in [6.45, 7) is 0. The molecule has 0 saturated heterocycles. The van der Waals surface area contributed by atoms with Crippen LogP contribution in [-0.2, 0) is 0 Å². The second-order valence-corrected chi connectivity index (χ2v) is 7.46. The van der Waals surface area contributed by atoms with Crippen LogP contribution in [0, 0.1) is 5.82 Å². The van der Waals surface area contributed by atoms with E-state index in [9.17, 15) is 4.39 Å². The first-order valence-electron chi connectivity index (χ1n) is 8.12. The molecule has 0 atom stereocenters. The Labute approximate surface area is 158 Å². The summed E-state index contributed by atoms with van der Waals surface area (Å²) >= 11 is 7.75. The van der Waals surface area contributed by atoms with E-state index in [1.807, 2.05) is 48.5 Å². The molecule has 0 bridgehead atoms. The Morgan fingerprint density at radius 1 is 0.885 bits per heavy atom. The highest BCUT2D eigenvalue weighted by Gasteiger charge is 2.19. The minimum absolute atomic E-state index is 0.252. The molecule has 3 aromatic carbocycles. The van der Waals surface area contributed by atoms with Gasteiger partial charge in [0.15, 0.2) is 4.96 Å². The van der Waals surface area contributed by atoms with Crippen LogP contribution < -0.4 is 0 Å². The third kappa shape index (κ3) is 2.42. The van der Waals surface area contributed by atoms with Gasteiger partial charge in [0, 0.05) is 16.1 Å². The lowest BCUT2D eigenvalue weighted by molar-refractivity contribution is 0.628. The van der Waals surface area contributed by atoms with Gasteiger partial charge in [-0.05, 0) is 42.5 Å². The number of rotatable bonds is 2. The van der Waals surface area contributed by atoms with Crippen LogP contribution in [0.1, 0.15) is 0 Å². The Hall–Kier alpha value is -2.69. The van der Waals surface area contributed by atoms with Gasteiger partial charge in [-0.3, -0.25) is 4.40 Å². The first kappa shape index (κ1) is 15.6. The fourth-order valence-electron chi connectivity index (χ4n) is 3.22. The lowest BCUT2D eigenvalue weighted by Gasteiger charge is -2.06. The van der Waals surface area contributed by atoms with Crippen molar-refractivity contribution in [1.29, 1.82) is 0 Å². The lowest BCUT2D eigenvalue weighted by Crippen LogP contribution is -1.89. The summed E-state index contributed by atoms with van der Waals surface area (Å²) in [6, 6.07) is 22.4. The zero-order valence-electron chi connectivity index (χ0n) is 13.5. The average Bonchev–Trinajstić information content (AvgIpc) is 3.18. The largest absolute Gasteiger partial charge is 0.282 e. The molecule has 0 aliphatic rings. The molecule has 2 heterocycles. The van der Waals surface area contributed by atoms with Crippen molar-refractivity contribution in [2.45, 2.75) is 0 Å². The van der Waals surface area contributed by atoms with Crippen LogP contribution >= 0.6 is 22.9 Å². The molecule has 5 rings (SSSR count). The average molecular weight is 379 g/mol. The van der Waals surface area contributed by atoms with Gasteiger partial charge in [0.1, 0.15) is 5.82 Å². The van der Waals surface area contributed by atoms with Crippen LogP contribution in [0.15, 0.2) is 72.8 Å². The summed E-state index contributed by atoms with van der Waals surface area (Å²) in [5, 5.41) is 0.702. The number of aromatic nitrogens is 2. The smallest absolute Gasteiger partial charge is 0.195 e. The Bertz CT molecular complexity index is 1240. The second kappa shape index (κ2) is 5.94. The first-order valence-corrected chi connectivity index (χ1v) is 9.32. The molecule has 0 fully saturated rings. The summed E-state index contributed by atoms with van der Waals surface area (Å²) in [6.07, 6.45) is 0. The molecule has 0 aliphatic heterocycles. The third-order valence-corrected chi connectivity index (χ3v) is 5.61. The van der Waals surface area contributed by atoms with E-state index in [2.05, 4.69) is 4.40 Å². The summed E-state index contributed by atoms with van der Waals surface area (Å²) in [4.78, 5) is 5.78. The molecule has 126 valence electrons. The van der Waals surface area contributed by atoms with Crippen molar-refractivity contribution in [2.24, 2.45) is 0 Å². The summed E-state index contributed by atoms with van der Waals surface area (Å²) < 4.78 is 16.7. The minimum Gasteiger partial charge on any atom is -0.282 e. The number of halogens is 2. The van der Waals surface area contributed by atoms with Crippen molar-refractivity contribution < 1.29 is 4.39 Å². The highest BCUT2D eigenvalue weighted by Crippen LogP contribution is 2.39. The molecule has 2 nitrogen and oxygen atoms in total. The Morgan fingerprint density at radius 2 is 1.65 bits per heavy atom. The van der Waals surface area contributed by atoms with E-state index in [-0.39, 0.29) is 5.82 Å². The van der Waals surface area contributed by atoms with Gasteiger partial charge in [0.2, 0.25) is 0 Å². The molecule has 2 aromatic heterocycles. The molecule has 26 heavy (non-hydrogen) atoms. The van der Waals surface area contributed by atoms with Crippen molar-refractivity contribution in [3.05, 3.63) is 83.6 Å². The van der Waals surface area contributed by atoms with Gasteiger partial charge < -0.3 is 0 Å². The maximum absolute atomic E-state index is 13.5. The third-order valence-electron chi connectivity index (χ3n) is 4.38. The van der Waals surface area contributed by atoms with Gasteiger partial charge in [0.05, 0.1) is 21.6 Å². The van der Waals surface area contributed by atoms with Crippen LogP contribution in [0.25, 0.3) is 37.7 Å². The minimum atomic E-state index is -0.252. The molecule has 0 saturated carbocycles. The van der Waals surface area contributed by atoms with E-state index in [1.54, 1.807) is 23.5 Å². The van der Waals surface area contributed by atoms with E-state index < -0.39 is 0 Å². The van der Waals surface area contributed by atoms with Crippen molar-refractivity contribution in [2.75, 3.05) is 0 Å². The van der Waals surface area contributed by atoms with E-state index in [4.69, 9.17) is 16.6 Å². The summed E-state index contributed by atoms with van der Waals surface area (Å²) in [7, 11) is 0. The summed E-state index contributed by atoms with van der Waals surface area (Å²) in [5.41, 5.74) is 4.85. The predicted molar refractivity (Wildman–Crippen MR) is 106 cm³/mol. The van der Waals surface area contributed by atoms with Gasteiger partial charge in [-0.1, -0.05) is 53.3 Å². The van der Waals surface area contributed by atoms with E-state index in [0.717, 1.165) is 37.7 Å². The fraction of sp³-hybridized carbons (Fsp3) is 0. The topological polar surface area (TPSA) is 17.3 Å². The van der Waals surface area contributed by atoms with Crippen molar-refractivity contribution >= 4 is 38.1 Å². The van der Waals surface area contributed by atoms with Crippen molar-refractivity contribution in [3.63, 3.8) is 0 Å². The quantitative estimate of drug-likeness (QED) is 0.335. The van der Waals surface area contributed by atoms with E-state index in [1.165, 1.54) is 12.1 Å². The molecule has 0 radical (unpaired) electrons. The van der Waals surface area contributed by atoms with Crippen LogP contribution in [0.5, 0.6) is 0 Å². The number of imidazole rings is 1. The van der Waals surface area contributed by atoms with Crippen LogP contribution in [0.2, 0.25) is 5.02 Å². The van der Waals surface area contributed by atoms with E-state index >= 15 is 0 Å². The van der Waals surface area contributed by atoms with Crippen LogP contribution in [0.4, 0.5) is 4.39 Å². The van der Waals surface area contributed by atoms with Crippen molar-refractivity contribution in [3.8, 4) is 22.5 Å². The number of hydrogen-bond donors (Lipinski definition) is 0. The second-order valence-electron chi connectivity index (χ2n) is 6.01. The normalized spacial score (nSPS) is 11.5. The highest BCUT2D eigenvalue weighted by molar-refractivity contribution is 7.23. The maximum atomic E-state index is 13.5. The number of fused-ring (bicyclic) bond motifs is 3. The molecular weight excluding hydrogens is 367 g/mol. The van der Waals surface area contributed by atoms with Crippen molar-refractivity contribution in [1.82, 2.24) is 9.38 Å². The number of benzene rings is 3. The molecule has 0 aliphatic carbocycles. The predicted octanol–water partition coefficient (Wildman–Crippen LogP) is 6.68. The Balaban J connectivity index is 1.90. The van der Waals surface area contributed by atoms with Gasteiger partial charge in [0.25, 0.3) is 0 Å². The molecule has 0 N–H and O–H groups in total. The van der Waals surface area contributed by atoms with Gasteiger partial charge in [-0.25, -0.2) is 9.37 Å². The van der Waals surface area contributed by atoms with Crippen LogP contribution in [-0.4, -0.2) is 9.38 Å². The first-order chi connectivity index (χ1) is 12.7. The fourth-order valence-corrected chi connectivity index (χ4v) is 4.52. The molecule has 0 unspecified atom stereocenters. The van der Waals surface area contributed by atoms with Gasteiger partial charge in [-0.2, -0.15) is 0 Å². The lowest BCUT2D eigenvalue weighted by atomic mass is 10.0. The molecule has 0 spiro atoms. The Morgan fingerprint density at radius 3 is 2.42 bits per heavy atom. The molecule has 0 amide bonds. The number of nitrogens with zero attached hydrogens (tertiary/aromatic N) is 2. The zero-order valence-corrected chi connectivity index (χ0v) is 15.1. The van der Waals surface area contributed by atoms with Crippen LogP contribution in [0.3, 0.4) is 0 Å². The molecular formula is C21H12ClFN2S. The number of thiazole rings is 1. The molecule has 5 heteroatoms. The van der Waals surface area contributed by atoms with Gasteiger partial charge >= 0.3 is 0 Å². The van der Waals surface area contributed by atoms with E-state index in [0.29, 0.717) is 5.02 Å². The highest BCUT2D eigenvalue weighted by atomic mass is 35.5. The maximum Gasteiger partial charge on any atom is 0.195 e. The zero-order chi connectivity index (χ0) is 17.7. The number of hydrogen-bond acceptors (Lipinski definition) is 2. The standard InChI is InChI=1S/C21H12ClFN2S/c22-15-8-11-17-18(12-15)26-21-24-19(13-4-2-1-3-5-13)20(25(17)21)14-6-9-16(23)10-7-14/h1-12H.